The first-order valence-electron chi connectivity index (χ1n) is 10.1. The summed E-state index contributed by atoms with van der Waals surface area (Å²) >= 11 is 7.36. The molecule has 1 saturated heterocycles. The SMILES string of the molecule is Cc1ccc(Sc2ccc([C@@H]3[C@H](c4ccccn4)NC(=S)N3c3ccccc3)o2)cc1. The third-order valence-electron chi connectivity index (χ3n) is 5.27. The number of nitrogens with zero attached hydrogens (tertiary/aromatic N) is 2. The number of benzene rings is 2. The fourth-order valence-electron chi connectivity index (χ4n) is 3.78. The number of thiocarbonyl (C=S) groups is 1. The molecule has 4 nitrogen and oxygen atoms in total. The van der Waals surface area contributed by atoms with E-state index in [1.165, 1.54) is 5.56 Å². The number of anilines is 1. The van der Waals surface area contributed by atoms with Gasteiger partial charge < -0.3 is 14.6 Å². The van der Waals surface area contributed by atoms with Crippen LogP contribution in [0.2, 0.25) is 0 Å². The van der Waals surface area contributed by atoms with Gasteiger partial charge in [-0.05, 0) is 67.7 Å². The summed E-state index contributed by atoms with van der Waals surface area (Å²) in [5, 5.41) is 4.97. The topological polar surface area (TPSA) is 41.3 Å². The first kappa shape index (κ1) is 19.8. The summed E-state index contributed by atoms with van der Waals surface area (Å²) in [6.07, 6.45) is 1.81. The average molecular weight is 444 g/mol. The number of furan rings is 1. The fourth-order valence-corrected chi connectivity index (χ4v) is 4.91. The molecule has 6 heteroatoms. The van der Waals surface area contributed by atoms with E-state index in [9.17, 15) is 0 Å². The van der Waals surface area contributed by atoms with Crippen LogP contribution in [-0.2, 0) is 0 Å². The lowest BCUT2D eigenvalue weighted by Crippen LogP contribution is -2.29. The minimum atomic E-state index is -0.142. The lowest BCUT2D eigenvalue weighted by molar-refractivity contribution is 0.383. The maximum absolute atomic E-state index is 6.35. The molecule has 1 fully saturated rings. The zero-order valence-corrected chi connectivity index (χ0v) is 18.6. The Hall–Kier alpha value is -3.09. The van der Waals surface area contributed by atoms with Crippen LogP contribution in [0.5, 0.6) is 0 Å². The summed E-state index contributed by atoms with van der Waals surface area (Å²) in [6, 6.07) is 28.4. The van der Waals surface area contributed by atoms with Crippen molar-refractivity contribution in [1.29, 1.82) is 0 Å². The van der Waals surface area contributed by atoms with Gasteiger partial charge in [-0.15, -0.1) is 0 Å². The van der Waals surface area contributed by atoms with Crippen molar-refractivity contribution in [2.75, 3.05) is 4.90 Å². The molecule has 0 radical (unpaired) electrons. The molecule has 2 aromatic carbocycles. The first-order valence-corrected chi connectivity index (χ1v) is 11.3. The predicted octanol–water partition coefficient (Wildman–Crippen LogP) is 6.31. The zero-order chi connectivity index (χ0) is 21.2. The van der Waals surface area contributed by atoms with Gasteiger partial charge in [0.25, 0.3) is 0 Å². The highest BCUT2D eigenvalue weighted by molar-refractivity contribution is 7.99. The molecule has 0 aliphatic carbocycles. The molecule has 0 saturated carbocycles. The van der Waals surface area contributed by atoms with Gasteiger partial charge in [-0.1, -0.05) is 53.7 Å². The Balaban J connectivity index is 1.51. The molecule has 2 atom stereocenters. The van der Waals surface area contributed by atoms with Crippen molar-refractivity contribution in [3.05, 3.63) is 108 Å². The van der Waals surface area contributed by atoms with E-state index < -0.39 is 0 Å². The molecule has 0 spiro atoms. The van der Waals surface area contributed by atoms with Crippen LogP contribution < -0.4 is 10.2 Å². The molecule has 154 valence electrons. The van der Waals surface area contributed by atoms with Gasteiger partial charge in [0.1, 0.15) is 11.8 Å². The summed E-state index contributed by atoms with van der Waals surface area (Å²) < 4.78 is 6.35. The quantitative estimate of drug-likeness (QED) is 0.365. The Morgan fingerprint density at radius 2 is 1.71 bits per heavy atom. The summed E-state index contributed by atoms with van der Waals surface area (Å²) in [5.74, 6) is 0.849. The molecule has 1 aliphatic heterocycles. The number of para-hydroxylation sites is 1. The third kappa shape index (κ3) is 4.09. The van der Waals surface area contributed by atoms with Crippen molar-refractivity contribution < 1.29 is 4.42 Å². The van der Waals surface area contributed by atoms with E-state index in [-0.39, 0.29) is 12.1 Å². The predicted molar refractivity (Wildman–Crippen MR) is 128 cm³/mol. The van der Waals surface area contributed by atoms with Gasteiger partial charge in [0.15, 0.2) is 10.2 Å². The van der Waals surface area contributed by atoms with E-state index in [0.29, 0.717) is 5.11 Å². The Morgan fingerprint density at radius 1 is 0.935 bits per heavy atom. The number of hydrogen-bond donors (Lipinski definition) is 1. The van der Waals surface area contributed by atoms with Gasteiger partial charge in [0.05, 0.1) is 11.7 Å². The van der Waals surface area contributed by atoms with E-state index >= 15 is 0 Å². The first-order chi connectivity index (χ1) is 15.2. The number of hydrogen-bond acceptors (Lipinski definition) is 4. The number of aromatic nitrogens is 1. The van der Waals surface area contributed by atoms with Crippen LogP contribution in [0, 0.1) is 6.92 Å². The minimum absolute atomic E-state index is 0.114. The highest BCUT2D eigenvalue weighted by Crippen LogP contribution is 2.43. The molecule has 5 rings (SSSR count). The standard InChI is InChI=1S/C25H21N3OS2/c1-17-10-12-19(13-11-17)31-22-15-14-21(29-22)24-23(20-9-5-6-16-26-20)27-25(30)28(24)18-7-3-2-4-8-18/h2-16,23-24H,1H3,(H,27,30)/t23-,24+/m0/s1. The van der Waals surface area contributed by atoms with Crippen LogP contribution in [-0.4, -0.2) is 10.1 Å². The van der Waals surface area contributed by atoms with Crippen LogP contribution in [0.3, 0.4) is 0 Å². The van der Waals surface area contributed by atoms with Crippen molar-refractivity contribution >= 4 is 34.8 Å². The molecule has 4 aromatic rings. The third-order valence-corrected chi connectivity index (χ3v) is 6.51. The fraction of sp³-hybridized carbons (Fsp3) is 0.120. The Bertz CT molecular complexity index is 1180. The van der Waals surface area contributed by atoms with Gasteiger partial charge in [-0.3, -0.25) is 4.98 Å². The van der Waals surface area contributed by atoms with Gasteiger partial charge in [0.2, 0.25) is 0 Å². The molecule has 2 aromatic heterocycles. The minimum Gasteiger partial charge on any atom is -0.452 e. The molecule has 3 heterocycles. The van der Waals surface area contributed by atoms with Crippen LogP contribution >= 0.6 is 24.0 Å². The Labute approximate surface area is 191 Å². The van der Waals surface area contributed by atoms with Crippen molar-refractivity contribution in [2.24, 2.45) is 0 Å². The van der Waals surface area contributed by atoms with Gasteiger partial charge in [0, 0.05) is 16.8 Å². The van der Waals surface area contributed by atoms with Gasteiger partial charge >= 0.3 is 0 Å². The van der Waals surface area contributed by atoms with E-state index in [0.717, 1.165) is 27.1 Å². The van der Waals surface area contributed by atoms with Crippen molar-refractivity contribution in [3.8, 4) is 0 Å². The van der Waals surface area contributed by atoms with Crippen LogP contribution in [0.15, 0.2) is 106 Å². The molecule has 0 unspecified atom stereocenters. The summed E-state index contributed by atoms with van der Waals surface area (Å²) in [6.45, 7) is 2.09. The second kappa shape index (κ2) is 8.57. The lowest BCUT2D eigenvalue weighted by atomic mass is 10.0. The maximum atomic E-state index is 6.35. The van der Waals surface area contributed by atoms with Crippen LogP contribution in [0.4, 0.5) is 5.69 Å². The largest absolute Gasteiger partial charge is 0.452 e. The summed E-state index contributed by atoms with van der Waals surface area (Å²) in [7, 11) is 0. The average Bonchev–Trinajstić information content (AvgIpc) is 3.40. The van der Waals surface area contributed by atoms with E-state index in [2.05, 4.69) is 58.5 Å². The molecule has 31 heavy (non-hydrogen) atoms. The van der Waals surface area contributed by atoms with Gasteiger partial charge in [-0.2, -0.15) is 0 Å². The maximum Gasteiger partial charge on any atom is 0.174 e. The second-order valence-electron chi connectivity index (χ2n) is 7.40. The summed E-state index contributed by atoms with van der Waals surface area (Å²) in [5.41, 5.74) is 3.19. The highest BCUT2D eigenvalue weighted by Gasteiger charge is 2.42. The van der Waals surface area contributed by atoms with Gasteiger partial charge in [-0.25, -0.2) is 0 Å². The summed E-state index contributed by atoms with van der Waals surface area (Å²) in [4.78, 5) is 7.85. The number of rotatable bonds is 5. The molecular formula is C25H21N3OS2. The number of aryl methyl sites for hydroxylation is 1. The molecule has 0 bridgehead atoms. The number of pyridine rings is 1. The lowest BCUT2D eigenvalue weighted by Gasteiger charge is -2.26. The molecule has 1 N–H and O–H groups in total. The Kier molecular flexibility index (Phi) is 5.49. The van der Waals surface area contributed by atoms with Crippen molar-refractivity contribution in [1.82, 2.24) is 10.3 Å². The number of nitrogens with one attached hydrogen (secondary N) is 1. The van der Waals surface area contributed by atoms with Crippen molar-refractivity contribution in [2.45, 2.75) is 29.0 Å². The van der Waals surface area contributed by atoms with E-state index in [1.807, 2.05) is 54.7 Å². The van der Waals surface area contributed by atoms with Crippen molar-refractivity contribution in [3.63, 3.8) is 0 Å². The van der Waals surface area contributed by atoms with E-state index in [1.54, 1.807) is 11.8 Å². The normalized spacial score (nSPS) is 18.2. The van der Waals surface area contributed by atoms with Crippen LogP contribution in [0.25, 0.3) is 0 Å². The highest BCUT2D eigenvalue weighted by atomic mass is 32.2. The molecule has 1 aliphatic rings. The van der Waals surface area contributed by atoms with Crippen LogP contribution in [0.1, 0.15) is 29.1 Å². The zero-order valence-electron chi connectivity index (χ0n) is 16.9. The monoisotopic (exact) mass is 443 g/mol. The van der Waals surface area contributed by atoms with E-state index in [4.69, 9.17) is 16.6 Å². The smallest absolute Gasteiger partial charge is 0.174 e. The Morgan fingerprint density at radius 3 is 2.45 bits per heavy atom. The molecule has 0 amide bonds. The second-order valence-corrected chi connectivity index (χ2v) is 8.87. The molecular weight excluding hydrogens is 422 g/mol.